The SMILES string of the molecule is CCCOc1ccc(Cl)cc1NC. The number of anilines is 1. The van der Waals surface area contributed by atoms with Crippen LogP contribution in [0.1, 0.15) is 13.3 Å². The second-order valence-electron chi connectivity index (χ2n) is 2.74. The van der Waals surface area contributed by atoms with E-state index in [0.29, 0.717) is 5.02 Å². The lowest BCUT2D eigenvalue weighted by Gasteiger charge is -2.10. The largest absolute Gasteiger partial charge is 0.491 e. The van der Waals surface area contributed by atoms with Crippen LogP contribution >= 0.6 is 11.6 Å². The van der Waals surface area contributed by atoms with Gasteiger partial charge < -0.3 is 10.1 Å². The first-order chi connectivity index (χ1) is 6.27. The van der Waals surface area contributed by atoms with Crippen LogP contribution in [0.15, 0.2) is 18.2 Å². The van der Waals surface area contributed by atoms with Crippen molar-refractivity contribution in [1.29, 1.82) is 0 Å². The number of nitrogens with one attached hydrogen (secondary N) is 1. The van der Waals surface area contributed by atoms with E-state index < -0.39 is 0 Å². The summed E-state index contributed by atoms with van der Waals surface area (Å²) in [5, 5.41) is 3.75. The maximum atomic E-state index is 5.83. The molecule has 0 aliphatic carbocycles. The molecule has 0 saturated heterocycles. The Morgan fingerprint density at radius 3 is 2.85 bits per heavy atom. The summed E-state index contributed by atoms with van der Waals surface area (Å²) < 4.78 is 5.51. The van der Waals surface area contributed by atoms with Crippen molar-refractivity contribution in [3.8, 4) is 5.75 Å². The third-order valence-electron chi connectivity index (χ3n) is 1.67. The van der Waals surface area contributed by atoms with Crippen LogP contribution in [-0.2, 0) is 0 Å². The molecule has 0 heterocycles. The van der Waals surface area contributed by atoms with Gasteiger partial charge in [-0.2, -0.15) is 0 Å². The summed E-state index contributed by atoms with van der Waals surface area (Å²) in [5.74, 6) is 0.855. The molecule has 0 radical (unpaired) electrons. The number of halogens is 1. The average Bonchev–Trinajstić information content (AvgIpc) is 2.16. The second-order valence-corrected chi connectivity index (χ2v) is 3.18. The van der Waals surface area contributed by atoms with E-state index in [-0.39, 0.29) is 0 Å². The highest BCUT2D eigenvalue weighted by Crippen LogP contribution is 2.27. The van der Waals surface area contributed by atoms with Gasteiger partial charge in [0.15, 0.2) is 0 Å². The van der Waals surface area contributed by atoms with E-state index in [9.17, 15) is 0 Å². The highest BCUT2D eigenvalue weighted by molar-refractivity contribution is 6.30. The fourth-order valence-corrected chi connectivity index (χ4v) is 1.21. The van der Waals surface area contributed by atoms with E-state index in [1.165, 1.54) is 0 Å². The minimum absolute atomic E-state index is 0.716. The Morgan fingerprint density at radius 1 is 1.46 bits per heavy atom. The fourth-order valence-electron chi connectivity index (χ4n) is 1.04. The Balaban J connectivity index is 2.79. The van der Waals surface area contributed by atoms with Crippen molar-refractivity contribution >= 4 is 17.3 Å². The number of rotatable bonds is 4. The van der Waals surface area contributed by atoms with Crippen molar-refractivity contribution < 1.29 is 4.74 Å². The predicted molar refractivity (Wildman–Crippen MR) is 56.8 cm³/mol. The minimum Gasteiger partial charge on any atom is -0.491 e. The summed E-state index contributed by atoms with van der Waals surface area (Å²) in [6.07, 6.45) is 1.01. The summed E-state index contributed by atoms with van der Waals surface area (Å²) in [6, 6.07) is 5.56. The molecule has 3 heteroatoms. The summed E-state index contributed by atoms with van der Waals surface area (Å²) >= 11 is 5.83. The lowest BCUT2D eigenvalue weighted by molar-refractivity contribution is 0.319. The van der Waals surface area contributed by atoms with Crippen molar-refractivity contribution in [2.75, 3.05) is 19.0 Å². The van der Waals surface area contributed by atoms with Gasteiger partial charge in [0, 0.05) is 12.1 Å². The van der Waals surface area contributed by atoms with E-state index in [1.54, 1.807) is 0 Å². The molecule has 72 valence electrons. The maximum absolute atomic E-state index is 5.83. The predicted octanol–water partition coefficient (Wildman–Crippen LogP) is 3.17. The van der Waals surface area contributed by atoms with Crippen LogP contribution in [-0.4, -0.2) is 13.7 Å². The van der Waals surface area contributed by atoms with E-state index in [2.05, 4.69) is 12.2 Å². The third-order valence-corrected chi connectivity index (χ3v) is 1.91. The Hall–Kier alpha value is -0.890. The van der Waals surface area contributed by atoms with Crippen molar-refractivity contribution in [2.24, 2.45) is 0 Å². The summed E-state index contributed by atoms with van der Waals surface area (Å²) in [7, 11) is 1.85. The zero-order valence-electron chi connectivity index (χ0n) is 7.93. The van der Waals surface area contributed by atoms with Crippen molar-refractivity contribution in [1.82, 2.24) is 0 Å². The average molecular weight is 200 g/mol. The molecule has 0 amide bonds. The first-order valence-electron chi connectivity index (χ1n) is 4.38. The van der Waals surface area contributed by atoms with Gasteiger partial charge in [-0.1, -0.05) is 18.5 Å². The van der Waals surface area contributed by atoms with Crippen molar-refractivity contribution in [3.05, 3.63) is 23.2 Å². The smallest absolute Gasteiger partial charge is 0.142 e. The molecule has 1 N–H and O–H groups in total. The minimum atomic E-state index is 0.716. The second kappa shape index (κ2) is 4.97. The number of ether oxygens (including phenoxy) is 1. The molecule has 1 rings (SSSR count). The molecular weight excluding hydrogens is 186 g/mol. The maximum Gasteiger partial charge on any atom is 0.142 e. The molecule has 13 heavy (non-hydrogen) atoms. The molecule has 0 bridgehead atoms. The highest BCUT2D eigenvalue weighted by Gasteiger charge is 2.01. The van der Waals surface area contributed by atoms with Crippen LogP contribution in [0.2, 0.25) is 5.02 Å². The standard InChI is InChI=1S/C10H14ClNO/c1-3-6-13-10-5-4-8(11)7-9(10)12-2/h4-5,7,12H,3,6H2,1-2H3. The number of benzene rings is 1. The van der Waals surface area contributed by atoms with Crippen LogP contribution in [0.5, 0.6) is 5.75 Å². The molecule has 0 saturated carbocycles. The molecule has 0 unspecified atom stereocenters. The number of hydrogen-bond donors (Lipinski definition) is 1. The van der Waals surface area contributed by atoms with Crippen LogP contribution < -0.4 is 10.1 Å². The van der Waals surface area contributed by atoms with Gasteiger partial charge in [-0.3, -0.25) is 0 Å². The van der Waals surface area contributed by atoms with Crippen LogP contribution in [0, 0.1) is 0 Å². The molecular formula is C10H14ClNO. The van der Waals surface area contributed by atoms with E-state index in [4.69, 9.17) is 16.3 Å². The summed E-state index contributed by atoms with van der Waals surface area (Å²) in [5.41, 5.74) is 0.931. The molecule has 2 nitrogen and oxygen atoms in total. The van der Waals surface area contributed by atoms with Crippen LogP contribution in [0.25, 0.3) is 0 Å². The van der Waals surface area contributed by atoms with E-state index in [0.717, 1.165) is 24.5 Å². The topological polar surface area (TPSA) is 21.3 Å². The first-order valence-corrected chi connectivity index (χ1v) is 4.75. The molecule has 0 aromatic heterocycles. The summed E-state index contributed by atoms with van der Waals surface area (Å²) in [4.78, 5) is 0. The molecule has 0 fully saturated rings. The van der Waals surface area contributed by atoms with Gasteiger partial charge >= 0.3 is 0 Å². The van der Waals surface area contributed by atoms with Crippen molar-refractivity contribution in [2.45, 2.75) is 13.3 Å². The molecule has 0 aliphatic rings. The molecule has 1 aromatic carbocycles. The fraction of sp³-hybridized carbons (Fsp3) is 0.400. The first kappa shape index (κ1) is 10.2. The zero-order chi connectivity index (χ0) is 9.68. The van der Waals surface area contributed by atoms with Crippen molar-refractivity contribution in [3.63, 3.8) is 0 Å². The third kappa shape index (κ3) is 2.81. The Kier molecular flexibility index (Phi) is 3.90. The quantitative estimate of drug-likeness (QED) is 0.805. The van der Waals surface area contributed by atoms with E-state index in [1.807, 2.05) is 25.2 Å². The van der Waals surface area contributed by atoms with Gasteiger partial charge in [-0.05, 0) is 24.6 Å². The van der Waals surface area contributed by atoms with Gasteiger partial charge in [0.25, 0.3) is 0 Å². The Morgan fingerprint density at radius 2 is 2.23 bits per heavy atom. The Bertz CT molecular complexity index is 276. The highest BCUT2D eigenvalue weighted by atomic mass is 35.5. The van der Waals surface area contributed by atoms with Gasteiger partial charge in [-0.25, -0.2) is 0 Å². The molecule has 0 atom stereocenters. The summed E-state index contributed by atoms with van der Waals surface area (Å²) in [6.45, 7) is 2.81. The molecule has 0 spiro atoms. The normalized spacial score (nSPS) is 9.77. The van der Waals surface area contributed by atoms with Crippen LogP contribution in [0.4, 0.5) is 5.69 Å². The van der Waals surface area contributed by atoms with E-state index >= 15 is 0 Å². The Labute approximate surface area is 83.9 Å². The van der Waals surface area contributed by atoms with Gasteiger partial charge in [0.2, 0.25) is 0 Å². The molecule has 1 aromatic rings. The lowest BCUT2D eigenvalue weighted by atomic mass is 10.3. The monoisotopic (exact) mass is 199 g/mol. The van der Waals surface area contributed by atoms with Gasteiger partial charge in [0.1, 0.15) is 5.75 Å². The zero-order valence-corrected chi connectivity index (χ0v) is 8.69. The molecule has 0 aliphatic heterocycles. The number of hydrogen-bond acceptors (Lipinski definition) is 2. The van der Waals surface area contributed by atoms with Gasteiger partial charge in [-0.15, -0.1) is 0 Å². The van der Waals surface area contributed by atoms with Crippen LogP contribution in [0.3, 0.4) is 0 Å². The lowest BCUT2D eigenvalue weighted by Crippen LogP contribution is -1.99. The van der Waals surface area contributed by atoms with Gasteiger partial charge in [0.05, 0.1) is 12.3 Å².